The summed E-state index contributed by atoms with van der Waals surface area (Å²) in [5.74, 6) is -2.20. The summed E-state index contributed by atoms with van der Waals surface area (Å²) in [4.78, 5) is 10.7. The van der Waals surface area contributed by atoms with Crippen LogP contribution in [0.2, 0.25) is 0 Å². The third kappa shape index (κ3) is 2.19. The zero-order valence-corrected chi connectivity index (χ0v) is 7.55. The Kier molecular flexibility index (Phi) is 3.27. The summed E-state index contributed by atoms with van der Waals surface area (Å²) in [6.45, 7) is 1.52. The molecule has 3 unspecified atom stereocenters. The van der Waals surface area contributed by atoms with E-state index in [-0.39, 0.29) is 0 Å². The summed E-state index contributed by atoms with van der Waals surface area (Å²) in [6.07, 6.45) is 1.28. The van der Waals surface area contributed by atoms with Gasteiger partial charge in [0.25, 0.3) is 0 Å². The van der Waals surface area contributed by atoms with Gasteiger partial charge in [-0.25, -0.2) is 0 Å². The molecule has 1 saturated carbocycles. The smallest absolute Gasteiger partial charge is 0.306 e. The number of aliphatic hydroxyl groups is 2. The van der Waals surface area contributed by atoms with Gasteiger partial charge in [-0.05, 0) is 19.3 Å². The van der Waals surface area contributed by atoms with Crippen molar-refractivity contribution in [3.8, 4) is 0 Å². The first-order valence-electron chi connectivity index (χ1n) is 4.44. The predicted octanol–water partition coefficient (Wildman–Crippen LogP) is 0.0432. The molecular formula is C9H15O4. The summed E-state index contributed by atoms with van der Waals surface area (Å²) in [7, 11) is 0. The molecule has 3 N–H and O–H groups in total. The van der Waals surface area contributed by atoms with E-state index in [4.69, 9.17) is 5.11 Å². The van der Waals surface area contributed by atoms with E-state index >= 15 is 0 Å². The molecule has 0 heterocycles. The average Bonchev–Trinajstić information content (AvgIpc) is 2.03. The first-order valence-corrected chi connectivity index (χ1v) is 4.44. The lowest BCUT2D eigenvalue weighted by atomic mass is 9.76. The van der Waals surface area contributed by atoms with Crippen LogP contribution in [0.4, 0.5) is 0 Å². The highest BCUT2D eigenvalue weighted by Gasteiger charge is 2.37. The van der Waals surface area contributed by atoms with Crippen LogP contribution in [-0.2, 0) is 4.79 Å². The molecule has 4 nitrogen and oxygen atoms in total. The number of carbonyl (C=O) groups is 1. The number of aliphatic carboxylic acids is 1. The summed E-state index contributed by atoms with van der Waals surface area (Å²) in [6, 6.07) is 0. The fraction of sp³-hybridized carbons (Fsp3) is 0.778. The second kappa shape index (κ2) is 4.07. The SMILES string of the molecule is CC(C(=O)O)C1C(O)C[CH]CC1O. The minimum Gasteiger partial charge on any atom is -0.481 e. The van der Waals surface area contributed by atoms with Crippen LogP contribution in [0.15, 0.2) is 0 Å². The monoisotopic (exact) mass is 187 g/mol. The molecule has 13 heavy (non-hydrogen) atoms. The van der Waals surface area contributed by atoms with Crippen LogP contribution in [-0.4, -0.2) is 33.5 Å². The van der Waals surface area contributed by atoms with Crippen LogP contribution in [0.5, 0.6) is 0 Å². The van der Waals surface area contributed by atoms with Gasteiger partial charge in [0, 0.05) is 5.92 Å². The van der Waals surface area contributed by atoms with Gasteiger partial charge >= 0.3 is 5.97 Å². The summed E-state index contributed by atoms with van der Waals surface area (Å²) >= 11 is 0. The van der Waals surface area contributed by atoms with E-state index in [2.05, 4.69) is 0 Å². The largest absolute Gasteiger partial charge is 0.481 e. The molecule has 0 saturated heterocycles. The molecule has 75 valence electrons. The highest BCUT2D eigenvalue weighted by atomic mass is 16.4. The summed E-state index contributed by atoms with van der Waals surface area (Å²) in [5.41, 5.74) is 0. The lowest BCUT2D eigenvalue weighted by Gasteiger charge is -2.34. The Hall–Kier alpha value is -0.610. The number of carboxylic acid groups (broad SMARTS) is 1. The molecule has 1 aliphatic rings. The Morgan fingerprint density at radius 2 is 1.85 bits per heavy atom. The number of aliphatic hydroxyl groups excluding tert-OH is 2. The normalized spacial score (nSPS) is 37.0. The third-order valence-electron chi connectivity index (χ3n) is 2.67. The summed E-state index contributed by atoms with van der Waals surface area (Å²) < 4.78 is 0. The fourth-order valence-corrected chi connectivity index (χ4v) is 1.84. The Balaban J connectivity index is 2.67. The van der Waals surface area contributed by atoms with Gasteiger partial charge in [-0.2, -0.15) is 0 Å². The van der Waals surface area contributed by atoms with Crippen molar-refractivity contribution in [3.05, 3.63) is 6.42 Å². The van der Waals surface area contributed by atoms with Gasteiger partial charge in [0.05, 0.1) is 18.1 Å². The van der Waals surface area contributed by atoms with Crippen LogP contribution >= 0.6 is 0 Å². The van der Waals surface area contributed by atoms with Gasteiger partial charge in [-0.3, -0.25) is 4.79 Å². The van der Waals surface area contributed by atoms with Crippen LogP contribution in [0, 0.1) is 18.3 Å². The van der Waals surface area contributed by atoms with E-state index in [0.29, 0.717) is 12.8 Å². The van der Waals surface area contributed by atoms with E-state index in [1.165, 1.54) is 6.92 Å². The molecule has 3 atom stereocenters. The molecule has 1 aliphatic carbocycles. The van der Waals surface area contributed by atoms with Crippen molar-refractivity contribution >= 4 is 5.97 Å². The maximum absolute atomic E-state index is 10.7. The lowest BCUT2D eigenvalue weighted by Crippen LogP contribution is -2.42. The first kappa shape index (κ1) is 10.5. The van der Waals surface area contributed by atoms with Crippen molar-refractivity contribution < 1.29 is 20.1 Å². The molecule has 0 bridgehead atoms. The quantitative estimate of drug-likeness (QED) is 0.570. The molecule has 1 radical (unpaired) electrons. The van der Waals surface area contributed by atoms with Crippen LogP contribution in [0.1, 0.15) is 19.8 Å². The predicted molar refractivity (Wildman–Crippen MR) is 45.8 cm³/mol. The average molecular weight is 187 g/mol. The second-order valence-corrected chi connectivity index (χ2v) is 3.60. The molecule has 1 rings (SSSR count). The minimum absolute atomic E-state index is 0.472. The van der Waals surface area contributed by atoms with Gasteiger partial charge < -0.3 is 15.3 Å². The standard InChI is InChI=1S/C9H15O4/c1-5(9(12)13)8-6(10)3-2-4-7(8)11/h2,5-8,10-11H,3-4H2,1H3,(H,12,13). The lowest BCUT2D eigenvalue weighted by molar-refractivity contribution is -0.148. The zero-order valence-electron chi connectivity index (χ0n) is 7.55. The van der Waals surface area contributed by atoms with E-state index in [1.807, 2.05) is 0 Å². The van der Waals surface area contributed by atoms with Crippen molar-refractivity contribution in [2.75, 3.05) is 0 Å². The Morgan fingerprint density at radius 3 is 2.23 bits per heavy atom. The van der Waals surface area contributed by atoms with E-state index < -0.39 is 30.0 Å². The fourth-order valence-electron chi connectivity index (χ4n) is 1.84. The first-order chi connectivity index (χ1) is 6.04. The number of rotatable bonds is 2. The third-order valence-corrected chi connectivity index (χ3v) is 2.67. The topological polar surface area (TPSA) is 77.8 Å². The molecule has 1 fully saturated rings. The molecule has 0 spiro atoms. The van der Waals surface area contributed by atoms with Crippen LogP contribution in [0.25, 0.3) is 0 Å². The van der Waals surface area contributed by atoms with E-state index in [1.54, 1.807) is 6.42 Å². The highest BCUT2D eigenvalue weighted by Crippen LogP contribution is 2.30. The van der Waals surface area contributed by atoms with E-state index in [0.717, 1.165) is 0 Å². The number of hydrogen-bond donors (Lipinski definition) is 3. The second-order valence-electron chi connectivity index (χ2n) is 3.60. The molecule has 4 heteroatoms. The number of carboxylic acids is 1. The molecule has 0 aliphatic heterocycles. The van der Waals surface area contributed by atoms with Crippen molar-refractivity contribution in [3.63, 3.8) is 0 Å². The maximum Gasteiger partial charge on any atom is 0.306 e. The van der Waals surface area contributed by atoms with Crippen molar-refractivity contribution in [2.24, 2.45) is 11.8 Å². The summed E-state index contributed by atoms with van der Waals surface area (Å²) in [5, 5.41) is 27.7. The molecule has 0 aromatic carbocycles. The molecule has 0 aromatic rings. The molecule has 0 aromatic heterocycles. The number of hydrogen-bond acceptors (Lipinski definition) is 3. The minimum atomic E-state index is -0.968. The zero-order chi connectivity index (χ0) is 10.0. The Bertz CT molecular complexity index is 182. The van der Waals surface area contributed by atoms with E-state index in [9.17, 15) is 15.0 Å². The maximum atomic E-state index is 10.7. The van der Waals surface area contributed by atoms with Gasteiger partial charge in [0.2, 0.25) is 0 Å². The Morgan fingerprint density at radius 1 is 1.38 bits per heavy atom. The highest BCUT2D eigenvalue weighted by molar-refractivity contribution is 5.70. The van der Waals surface area contributed by atoms with Gasteiger partial charge in [-0.15, -0.1) is 0 Å². The van der Waals surface area contributed by atoms with Gasteiger partial charge in [0.1, 0.15) is 0 Å². The van der Waals surface area contributed by atoms with Crippen molar-refractivity contribution in [1.29, 1.82) is 0 Å². The van der Waals surface area contributed by atoms with Gasteiger partial charge in [-0.1, -0.05) is 6.92 Å². The molecule has 0 amide bonds. The Labute approximate surface area is 77.2 Å². The van der Waals surface area contributed by atoms with Gasteiger partial charge in [0.15, 0.2) is 0 Å². The van der Waals surface area contributed by atoms with Crippen molar-refractivity contribution in [2.45, 2.75) is 32.0 Å². The van der Waals surface area contributed by atoms with Crippen LogP contribution in [0.3, 0.4) is 0 Å². The van der Waals surface area contributed by atoms with Crippen LogP contribution < -0.4 is 0 Å². The van der Waals surface area contributed by atoms with Crippen molar-refractivity contribution in [1.82, 2.24) is 0 Å². The molecular weight excluding hydrogens is 172 g/mol.